The smallest absolute Gasteiger partial charge is 0.254 e. The highest BCUT2D eigenvalue weighted by Crippen LogP contribution is 2.18. The summed E-state index contributed by atoms with van der Waals surface area (Å²) in [6.07, 6.45) is 0. The molecule has 4 nitrogen and oxygen atoms in total. The van der Waals surface area contributed by atoms with Crippen molar-refractivity contribution in [3.63, 3.8) is 0 Å². The number of carbonyl (C=O) groups excluding carboxylic acids is 2. The van der Waals surface area contributed by atoms with Crippen molar-refractivity contribution in [2.75, 3.05) is 20.1 Å². The van der Waals surface area contributed by atoms with Crippen LogP contribution < -0.4 is 5.32 Å². The van der Waals surface area contributed by atoms with Crippen molar-refractivity contribution in [1.82, 2.24) is 10.2 Å². The second-order valence-corrected chi connectivity index (χ2v) is 4.93. The second kappa shape index (κ2) is 6.54. The Morgan fingerprint density at radius 2 is 2.06 bits per heavy atom. The first kappa shape index (κ1) is 14.7. The summed E-state index contributed by atoms with van der Waals surface area (Å²) >= 11 is 3.39. The number of amides is 2. The molecule has 98 valence electrons. The van der Waals surface area contributed by atoms with Gasteiger partial charge in [-0.15, -0.1) is 0 Å². The first-order chi connectivity index (χ1) is 8.45. The molecule has 0 fully saturated rings. The molecule has 1 rings (SSSR count). The zero-order chi connectivity index (χ0) is 13.7. The highest BCUT2D eigenvalue weighted by atomic mass is 79.9. The normalized spacial score (nSPS) is 10.0. The molecule has 0 aliphatic carbocycles. The molecule has 5 heteroatoms. The number of nitrogens with one attached hydrogen (secondary N) is 1. The Kier molecular flexibility index (Phi) is 5.34. The van der Waals surface area contributed by atoms with E-state index in [0.717, 1.165) is 10.0 Å². The predicted octanol–water partition coefficient (Wildman–Crippen LogP) is 1.97. The Labute approximate surface area is 115 Å². The minimum Gasteiger partial charge on any atom is -0.355 e. The number of rotatable bonds is 4. The third-order valence-corrected chi connectivity index (χ3v) is 3.37. The molecule has 0 atom stereocenters. The highest BCUT2D eigenvalue weighted by molar-refractivity contribution is 9.10. The fourth-order valence-electron chi connectivity index (χ4n) is 1.49. The van der Waals surface area contributed by atoms with Crippen molar-refractivity contribution >= 4 is 27.7 Å². The Bertz CT molecular complexity index is 460. The molecular weight excluding hydrogens is 296 g/mol. The molecule has 1 N–H and O–H groups in total. The van der Waals surface area contributed by atoms with Crippen LogP contribution in [0.15, 0.2) is 22.7 Å². The van der Waals surface area contributed by atoms with Crippen LogP contribution in [-0.4, -0.2) is 36.9 Å². The van der Waals surface area contributed by atoms with E-state index in [-0.39, 0.29) is 18.4 Å². The van der Waals surface area contributed by atoms with Crippen molar-refractivity contribution in [1.29, 1.82) is 0 Å². The third kappa shape index (κ3) is 3.84. The van der Waals surface area contributed by atoms with E-state index in [1.165, 1.54) is 4.90 Å². The van der Waals surface area contributed by atoms with Gasteiger partial charge in [0, 0.05) is 23.6 Å². The van der Waals surface area contributed by atoms with Gasteiger partial charge in [0.15, 0.2) is 0 Å². The van der Waals surface area contributed by atoms with Crippen LogP contribution >= 0.6 is 15.9 Å². The summed E-state index contributed by atoms with van der Waals surface area (Å²) in [5.41, 5.74) is 1.64. The maximum atomic E-state index is 12.1. The van der Waals surface area contributed by atoms with Gasteiger partial charge in [0.2, 0.25) is 5.91 Å². The van der Waals surface area contributed by atoms with E-state index in [2.05, 4.69) is 21.2 Å². The molecular formula is C13H17BrN2O2. The molecule has 0 saturated carbocycles. The van der Waals surface area contributed by atoms with E-state index in [0.29, 0.717) is 12.1 Å². The summed E-state index contributed by atoms with van der Waals surface area (Å²) in [6, 6.07) is 5.40. The number of hydrogen-bond donors (Lipinski definition) is 1. The molecule has 0 saturated heterocycles. The quantitative estimate of drug-likeness (QED) is 0.924. The summed E-state index contributed by atoms with van der Waals surface area (Å²) in [4.78, 5) is 24.9. The van der Waals surface area contributed by atoms with Gasteiger partial charge in [-0.2, -0.15) is 0 Å². The molecule has 0 bridgehead atoms. The monoisotopic (exact) mass is 312 g/mol. The van der Waals surface area contributed by atoms with Gasteiger partial charge in [-0.3, -0.25) is 9.59 Å². The third-order valence-electron chi connectivity index (χ3n) is 2.52. The Balaban J connectivity index is 2.74. The maximum absolute atomic E-state index is 12.1. The topological polar surface area (TPSA) is 49.4 Å². The van der Waals surface area contributed by atoms with Gasteiger partial charge in [0.1, 0.15) is 0 Å². The number of halogens is 1. The molecule has 1 aromatic carbocycles. The number of likely N-dealkylation sites (N-methyl/N-ethyl adjacent to an activating group) is 2. The number of hydrogen-bond acceptors (Lipinski definition) is 2. The average Bonchev–Trinajstić information content (AvgIpc) is 2.32. The molecule has 0 spiro atoms. The molecule has 2 amide bonds. The molecule has 0 aliphatic heterocycles. The summed E-state index contributed by atoms with van der Waals surface area (Å²) in [5, 5.41) is 2.66. The molecule has 0 radical (unpaired) electrons. The van der Waals surface area contributed by atoms with Gasteiger partial charge in [-0.25, -0.2) is 0 Å². The molecule has 0 heterocycles. The van der Waals surface area contributed by atoms with Gasteiger partial charge in [-0.1, -0.05) is 22.0 Å². The van der Waals surface area contributed by atoms with Crippen LogP contribution in [0.2, 0.25) is 0 Å². The van der Waals surface area contributed by atoms with Crippen LogP contribution in [-0.2, 0) is 4.79 Å². The lowest BCUT2D eigenvalue weighted by Gasteiger charge is -2.17. The lowest BCUT2D eigenvalue weighted by atomic mass is 10.1. The lowest BCUT2D eigenvalue weighted by Crippen LogP contribution is -2.38. The summed E-state index contributed by atoms with van der Waals surface area (Å²) in [7, 11) is 1.62. The molecule has 0 aliphatic rings. The first-order valence-corrected chi connectivity index (χ1v) is 6.53. The zero-order valence-electron chi connectivity index (χ0n) is 10.8. The summed E-state index contributed by atoms with van der Waals surface area (Å²) < 4.78 is 0.889. The van der Waals surface area contributed by atoms with Crippen LogP contribution in [0.25, 0.3) is 0 Å². The number of carbonyl (C=O) groups is 2. The molecule has 1 aromatic rings. The van der Waals surface area contributed by atoms with Gasteiger partial charge in [0.05, 0.1) is 6.54 Å². The molecule has 0 unspecified atom stereocenters. The Morgan fingerprint density at radius 3 is 2.61 bits per heavy atom. The van der Waals surface area contributed by atoms with Crippen LogP contribution in [0.1, 0.15) is 22.8 Å². The summed E-state index contributed by atoms with van der Waals surface area (Å²) in [6.45, 7) is 4.43. The maximum Gasteiger partial charge on any atom is 0.254 e. The molecule has 0 aromatic heterocycles. The fourth-order valence-corrected chi connectivity index (χ4v) is 1.87. The van der Waals surface area contributed by atoms with Crippen molar-refractivity contribution < 1.29 is 9.59 Å². The number of benzene rings is 1. The van der Waals surface area contributed by atoms with Gasteiger partial charge >= 0.3 is 0 Å². The van der Waals surface area contributed by atoms with Crippen molar-refractivity contribution in [3.05, 3.63) is 33.8 Å². The van der Waals surface area contributed by atoms with Gasteiger partial charge in [-0.05, 0) is 31.5 Å². The minimum absolute atomic E-state index is 0.0676. The van der Waals surface area contributed by atoms with Crippen LogP contribution in [0.4, 0.5) is 0 Å². The number of aryl methyl sites for hydroxylation is 1. The van der Waals surface area contributed by atoms with Crippen molar-refractivity contribution in [2.24, 2.45) is 0 Å². The van der Waals surface area contributed by atoms with Crippen LogP contribution in [0.3, 0.4) is 0 Å². The number of nitrogens with zero attached hydrogens (tertiary/aromatic N) is 1. The Morgan fingerprint density at radius 1 is 1.39 bits per heavy atom. The van der Waals surface area contributed by atoms with E-state index in [9.17, 15) is 9.59 Å². The van der Waals surface area contributed by atoms with E-state index < -0.39 is 0 Å². The van der Waals surface area contributed by atoms with Gasteiger partial charge in [0.25, 0.3) is 5.91 Å². The van der Waals surface area contributed by atoms with Crippen LogP contribution in [0.5, 0.6) is 0 Å². The minimum atomic E-state index is -0.165. The fraction of sp³-hybridized carbons (Fsp3) is 0.385. The summed E-state index contributed by atoms with van der Waals surface area (Å²) in [5.74, 6) is -0.318. The molecule has 18 heavy (non-hydrogen) atoms. The second-order valence-electron chi connectivity index (χ2n) is 4.08. The first-order valence-electron chi connectivity index (χ1n) is 5.74. The zero-order valence-corrected chi connectivity index (χ0v) is 12.4. The van der Waals surface area contributed by atoms with E-state index in [1.807, 2.05) is 19.9 Å². The Hall–Kier alpha value is -1.36. The lowest BCUT2D eigenvalue weighted by molar-refractivity contribution is -0.121. The standard InChI is InChI=1S/C13H17BrN2O2/c1-4-15-12(17)8-16(3)13(18)10-6-5-9(2)11(14)7-10/h5-7H,4,8H2,1-3H3,(H,15,17). The van der Waals surface area contributed by atoms with E-state index >= 15 is 0 Å². The van der Waals surface area contributed by atoms with E-state index in [4.69, 9.17) is 0 Å². The van der Waals surface area contributed by atoms with Crippen molar-refractivity contribution in [2.45, 2.75) is 13.8 Å². The van der Waals surface area contributed by atoms with E-state index in [1.54, 1.807) is 19.2 Å². The largest absolute Gasteiger partial charge is 0.355 e. The predicted molar refractivity (Wildman–Crippen MR) is 74.5 cm³/mol. The average molecular weight is 313 g/mol. The van der Waals surface area contributed by atoms with Crippen molar-refractivity contribution in [3.8, 4) is 0 Å². The SMILES string of the molecule is CCNC(=O)CN(C)C(=O)c1ccc(C)c(Br)c1. The highest BCUT2D eigenvalue weighted by Gasteiger charge is 2.15. The van der Waals surface area contributed by atoms with Gasteiger partial charge < -0.3 is 10.2 Å². The van der Waals surface area contributed by atoms with Crippen LogP contribution in [0, 0.1) is 6.92 Å².